The standard InChI is InChI=1S/C18H15P.Cl2OS.ClH/c1-4-10-16(11-5-1)19(17-12-6-2-7-13-17)18-14-8-3-9-15-18;1-4(2)3;/h1-15H;;1H. The number of halogens is 3. The van der Waals surface area contributed by atoms with Gasteiger partial charge in [-0.15, -0.1) is 12.4 Å². The molecule has 6 heteroatoms. The minimum Gasteiger partial charge on any atom is -0.582 e. The summed E-state index contributed by atoms with van der Waals surface area (Å²) in [5, 5.41) is 4.19. The van der Waals surface area contributed by atoms with Gasteiger partial charge < -0.3 is 4.55 Å². The molecule has 3 aromatic carbocycles. The van der Waals surface area contributed by atoms with Gasteiger partial charge in [0.1, 0.15) is 0 Å². The lowest BCUT2D eigenvalue weighted by atomic mass is 10.4. The second-order valence-corrected chi connectivity index (χ2v) is 9.27. The van der Waals surface area contributed by atoms with Gasteiger partial charge >= 0.3 is 0 Å². The van der Waals surface area contributed by atoms with Gasteiger partial charge in [0, 0.05) is 0 Å². The van der Waals surface area contributed by atoms with Crippen LogP contribution < -0.4 is 15.9 Å². The minimum absolute atomic E-state index is 0. The molecule has 0 saturated carbocycles. The highest BCUT2D eigenvalue weighted by Gasteiger charge is 2.14. The molecule has 0 aliphatic heterocycles. The summed E-state index contributed by atoms with van der Waals surface area (Å²) in [7, 11) is 6.91. The molecule has 0 N–H and O–H groups in total. The molecule has 126 valence electrons. The first-order valence-corrected chi connectivity index (χ1v) is 11.0. The fourth-order valence-electron chi connectivity index (χ4n) is 2.18. The molecule has 0 unspecified atom stereocenters. The third-order valence-electron chi connectivity index (χ3n) is 3.04. The molecule has 0 amide bonds. The van der Waals surface area contributed by atoms with E-state index in [0.29, 0.717) is 0 Å². The van der Waals surface area contributed by atoms with E-state index >= 15 is 0 Å². The number of hydrogen-bond acceptors (Lipinski definition) is 1. The summed E-state index contributed by atoms with van der Waals surface area (Å²) in [6.45, 7) is 0. The SMILES string of the molecule is Cl.[O-][S+](Cl)Cl.c1ccc(P(c2ccccc2)c2ccccc2)cc1. The van der Waals surface area contributed by atoms with Crippen molar-refractivity contribution < 1.29 is 4.55 Å². The quantitative estimate of drug-likeness (QED) is 0.439. The van der Waals surface area contributed by atoms with Crippen molar-refractivity contribution in [2.45, 2.75) is 0 Å². The van der Waals surface area contributed by atoms with E-state index in [9.17, 15) is 0 Å². The fraction of sp³-hybridized carbons (Fsp3) is 0. The zero-order valence-corrected chi connectivity index (χ0v) is 16.6. The molecule has 24 heavy (non-hydrogen) atoms. The average molecular weight is 418 g/mol. The van der Waals surface area contributed by atoms with Crippen LogP contribution in [0.2, 0.25) is 0 Å². The smallest absolute Gasteiger partial charge is 0.198 e. The lowest BCUT2D eigenvalue weighted by Crippen LogP contribution is -2.20. The molecule has 3 aromatic rings. The number of benzene rings is 3. The van der Waals surface area contributed by atoms with Crippen molar-refractivity contribution in [2.24, 2.45) is 0 Å². The van der Waals surface area contributed by atoms with E-state index < -0.39 is 17.5 Å². The molecule has 0 bridgehead atoms. The maximum Gasteiger partial charge on any atom is 0.198 e. The van der Waals surface area contributed by atoms with Gasteiger partial charge in [-0.25, -0.2) is 0 Å². The van der Waals surface area contributed by atoms with E-state index in [1.165, 1.54) is 15.9 Å². The third kappa shape index (κ3) is 7.03. The molecule has 0 saturated heterocycles. The summed E-state index contributed by atoms with van der Waals surface area (Å²) in [5.41, 5.74) is 0. The summed E-state index contributed by atoms with van der Waals surface area (Å²) < 4.78 is 9.09. The Balaban J connectivity index is 0.000000522. The van der Waals surface area contributed by atoms with Crippen LogP contribution in [0, 0.1) is 0 Å². The van der Waals surface area contributed by atoms with Crippen molar-refractivity contribution in [1.82, 2.24) is 0 Å². The monoisotopic (exact) mass is 416 g/mol. The van der Waals surface area contributed by atoms with Crippen molar-refractivity contribution in [3.63, 3.8) is 0 Å². The van der Waals surface area contributed by atoms with E-state index in [-0.39, 0.29) is 12.4 Å². The summed E-state index contributed by atoms with van der Waals surface area (Å²) in [4.78, 5) is 0. The molecule has 0 aliphatic carbocycles. The molecule has 0 radical (unpaired) electrons. The lowest BCUT2D eigenvalue weighted by Gasteiger charge is -2.18. The Bertz CT molecular complexity index is 588. The first-order chi connectivity index (χ1) is 11.2. The molecule has 1 nitrogen and oxygen atoms in total. The van der Waals surface area contributed by atoms with E-state index in [2.05, 4.69) is 112 Å². The van der Waals surface area contributed by atoms with Gasteiger partial charge in [-0.2, -0.15) is 0 Å². The predicted octanol–water partition coefficient (Wildman–Crippen LogP) is 4.91. The van der Waals surface area contributed by atoms with Crippen LogP contribution in [0.3, 0.4) is 0 Å². The molecule has 0 atom stereocenters. The molecular weight excluding hydrogens is 402 g/mol. The Morgan fingerprint density at radius 3 is 1.00 bits per heavy atom. The third-order valence-corrected chi connectivity index (χ3v) is 5.49. The van der Waals surface area contributed by atoms with Crippen LogP contribution in [-0.2, 0) is 9.60 Å². The maximum absolute atomic E-state index is 9.09. The maximum atomic E-state index is 9.09. The lowest BCUT2D eigenvalue weighted by molar-refractivity contribution is 0.620. The summed E-state index contributed by atoms with van der Waals surface area (Å²) in [5.74, 6) is 0. The largest absolute Gasteiger partial charge is 0.582 e. The summed E-state index contributed by atoms with van der Waals surface area (Å²) in [6, 6.07) is 32.3. The topological polar surface area (TPSA) is 23.1 Å². The summed E-state index contributed by atoms with van der Waals surface area (Å²) in [6.07, 6.45) is 0. The zero-order valence-electron chi connectivity index (χ0n) is 12.6. The highest BCUT2D eigenvalue weighted by Crippen LogP contribution is 2.32. The first kappa shape index (κ1) is 21.3. The molecule has 0 aromatic heterocycles. The van der Waals surface area contributed by atoms with Gasteiger partial charge in [-0.3, -0.25) is 0 Å². The number of rotatable bonds is 3. The Morgan fingerprint density at radius 1 is 0.583 bits per heavy atom. The minimum atomic E-state index is -1.67. The molecule has 0 heterocycles. The van der Waals surface area contributed by atoms with Gasteiger partial charge in [0.25, 0.3) is 0 Å². The van der Waals surface area contributed by atoms with Crippen molar-refractivity contribution in [1.29, 1.82) is 0 Å². The molecular formula is C18H16Cl3OPS. The van der Waals surface area contributed by atoms with Crippen LogP contribution in [0.25, 0.3) is 0 Å². The van der Waals surface area contributed by atoms with Crippen molar-refractivity contribution in [3.8, 4) is 0 Å². The van der Waals surface area contributed by atoms with Gasteiger partial charge in [0.15, 0.2) is 31.0 Å². The Morgan fingerprint density at radius 2 is 0.792 bits per heavy atom. The van der Waals surface area contributed by atoms with Crippen LogP contribution in [0.5, 0.6) is 0 Å². The highest BCUT2D eigenvalue weighted by atomic mass is 36.0. The van der Waals surface area contributed by atoms with Crippen LogP contribution in [0.1, 0.15) is 0 Å². The summed E-state index contributed by atoms with van der Waals surface area (Å²) >= 11 is 0. The van der Waals surface area contributed by atoms with E-state index in [1.54, 1.807) is 0 Å². The van der Waals surface area contributed by atoms with Crippen LogP contribution in [0.4, 0.5) is 0 Å². The van der Waals surface area contributed by atoms with Crippen LogP contribution in [-0.4, -0.2) is 4.55 Å². The zero-order chi connectivity index (χ0) is 16.5. The second-order valence-electron chi connectivity index (χ2n) is 4.53. The van der Waals surface area contributed by atoms with E-state index in [4.69, 9.17) is 4.55 Å². The average Bonchev–Trinajstić information content (AvgIpc) is 2.58. The van der Waals surface area contributed by atoms with Gasteiger partial charge in [0.2, 0.25) is 0 Å². The molecule has 0 aliphatic rings. The fourth-order valence-corrected chi connectivity index (χ4v) is 4.48. The van der Waals surface area contributed by atoms with Crippen molar-refractivity contribution >= 4 is 67.2 Å². The highest BCUT2D eigenvalue weighted by molar-refractivity contribution is 8.31. The van der Waals surface area contributed by atoms with Gasteiger partial charge in [-0.1, -0.05) is 91.0 Å². The van der Waals surface area contributed by atoms with Crippen LogP contribution in [0.15, 0.2) is 91.0 Å². The number of hydrogen-bond donors (Lipinski definition) is 0. The molecule has 0 spiro atoms. The predicted molar refractivity (Wildman–Crippen MR) is 112 cm³/mol. The van der Waals surface area contributed by atoms with Crippen LogP contribution >= 0.6 is 41.7 Å². The van der Waals surface area contributed by atoms with Gasteiger partial charge in [0.05, 0.1) is 0 Å². The van der Waals surface area contributed by atoms with Crippen molar-refractivity contribution in [2.75, 3.05) is 0 Å². The first-order valence-electron chi connectivity index (χ1n) is 6.88. The van der Waals surface area contributed by atoms with Crippen molar-refractivity contribution in [3.05, 3.63) is 91.0 Å². The Labute approximate surface area is 162 Å². The Kier molecular flexibility index (Phi) is 10.4. The van der Waals surface area contributed by atoms with E-state index in [0.717, 1.165) is 0 Å². The van der Waals surface area contributed by atoms with E-state index in [1.807, 2.05) is 0 Å². The second kappa shape index (κ2) is 11.8. The normalized spacial score (nSPS) is 9.88. The Hall–Kier alpha value is -0.730. The molecule has 3 rings (SSSR count). The molecule has 0 fully saturated rings. The van der Waals surface area contributed by atoms with Gasteiger partial charge in [-0.05, 0) is 23.8 Å².